The van der Waals surface area contributed by atoms with Crippen molar-refractivity contribution in [3.05, 3.63) is 53.3 Å². The van der Waals surface area contributed by atoms with Gasteiger partial charge in [-0.3, -0.25) is 4.72 Å². The Bertz CT molecular complexity index is 702. The first-order valence-corrected chi connectivity index (χ1v) is 7.08. The van der Waals surface area contributed by atoms with Crippen LogP contribution in [0.4, 0.5) is 15.8 Å². The Morgan fingerprint density at radius 1 is 1.11 bits per heavy atom. The van der Waals surface area contributed by atoms with E-state index in [9.17, 15) is 12.8 Å². The van der Waals surface area contributed by atoms with Crippen molar-refractivity contribution >= 4 is 33.0 Å². The van der Waals surface area contributed by atoms with Crippen LogP contribution in [0.1, 0.15) is 0 Å². The van der Waals surface area contributed by atoms with Gasteiger partial charge in [-0.2, -0.15) is 0 Å². The minimum Gasteiger partial charge on any atom is -0.399 e. The second-order valence-corrected chi connectivity index (χ2v) is 5.86. The van der Waals surface area contributed by atoms with Crippen molar-refractivity contribution in [2.24, 2.45) is 0 Å². The molecule has 0 saturated heterocycles. The molecule has 0 aliphatic carbocycles. The maximum atomic E-state index is 12.7. The second kappa shape index (κ2) is 5.07. The van der Waals surface area contributed by atoms with Gasteiger partial charge in [0.2, 0.25) is 0 Å². The molecular weight excluding hydrogens is 291 g/mol. The van der Waals surface area contributed by atoms with Crippen molar-refractivity contribution in [2.45, 2.75) is 4.90 Å². The summed E-state index contributed by atoms with van der Waals surface area (Å²) in [4.78, 5) is -0.126. The normalized spacial score (nSPS) is 11.3. The summed E-state index contributed by atoms with van der Waals surface area (Å²) >= 11 is 5.84. The fraction of sp³-hybridized carbons (Fsp3) is 0. The van der Waals surface area contributed by atoms with E-state index in [2.05, 4.69) is 4.72 Å². The number of benzene rings is 2. The predicted octanol–water partition coefficient (Wildman–Crippen LogP) is 2.86. The van der Waals surface area contributed by atoms with Crippen LogP contribution in [0.2, 0.25) is 5.02 Å². The van der Waals surface area contributed by atoms with E-state index in [0.717, 1.165) is 12.1 Å². The van der Waals surface area contributed by atoms with Crippen LogP contribution in [0.15, 0.2) is 47.4 Å². The largest absolute Gasteiger partial charge is 0.399 e. The molecule has 0 aromatic heterocycles. The van der Waals surface area contributed by atoms with Gasteiger partial charge >= 0.3 is 0 Å². The van der Waals surface area contributed by atoms with Gasteiger partial charge in [0.05, 0.1) is 5.02 Å². The average molecular weight is 301 g/mol. The molecule has 2 rings (SSSR count). The maximum absolute atomic E-state index is 12.7. The predicted molar refractivity (Wildman–Crippen MR) is 73.1 cm³/mol. The Morgan fingerprint density at radius 2 is 1.74 bits per heavy atom. The van der Waals surface area contributed by atoms with Gasteiger partial charge < -0.3 is 5.73 Å². The first kappa shape index (κ1) is 13.6. The fourth-order valence-electron chi connectivity index (χ4n) is 1.45. The number of nitrogen functional groups attached to an aromatic ring is 1. The number of anilines is 2. The molecular formula is C12H10ClFN2O2S. The molecule has 0 aliphatic rings. The Morgan fingerprint density at radius 3 is 2.37 bits per heavy atom. The van der Waals surface area contributed by atoms with Gasteiger partial charge in [0.25, 0.3) is 10.0 Å². The molecule has 0 amide bonds. The molecule has 0 atom stereocenters. The molecule has 0 spiro atoms. The number of hydrogen-bond acceptors (Lipinski definition) is 3. The van der Waals surface area contributed by atoms with Gasteiger partial charge in [-0.15, -0.1) is 0 Å². The van der Waals surface area contributed by atoms with Crippen LogP contribution >= 0.6 is 11.6 Å². The van der Waals surface area contributed by atoms with Crippen molar-refractivity contribution in [3.8, 4) is 0 Å². The molecule has 0 heterocycles. The molecule has 0 radical (unpaired) electrons. The summed E-state index contributed by atoms with van der Waals surface area (Å²) in [6.45, 7) is 0. The second-order valence-electron chi connectivity index (χ2n) is 3.80. The summed E-state index contributed by atoms with van der Waals surface area (Å²) in [5.74, 6) is -0.454. The molecule has 7 heteroatoms. The van der Waals surface area contributed by atoms with Crippen molar-refractivity contribution in [3.63, 3.8) is 0 Å². The van der Waals surface area contributed by atoms with E-state index in [1.54, 1.807) is 0 Å². The number of nitrogens with one attached hydrogen (secondary N) is 1. The lowest BCUT2D eigenvalue weighted by atomic mass is 10.3. The highest BCUT2D eigenvalue weighted by atomic mass is 35.5. The number of rotatable bonds is 3. The third-order valence-corrected chi connectivity index (χ3v) is 4.20. The first-order valence-electron chi connectivity index (χ1n) is 5.22. The van der Waals surface area contributed by atoms with Gasteiger partial charge in [0.1, 0.15) is 10.7 Å². The number of nitrogens with two attached hydrogens (primary N) is 1. The van der Waals surface area contributed by atoms with Crippen molar-refractivity contribution in [1.29, 1.82) is 0 Å². The zero-order valence-corrected chi connectivity index (χ0v) is 11.2. The molecule has 0 fully saturated rings. The van der Waals surface area contributed by atoms with Crippen molar-refractivity contribution in [1.82, 2.24) is 0 Å². The van der Waals surface area contributed by atoms with Gasteiger partial charge in [-0.1, -0.05) is 11.6 Å². The molecule has 4 nitrogen and oxygen atoms in total. The fourth-order valence-corrected chi connectivity index (χ4v) is 3.05. The molecule has 0 aliphatic heterocycles. The Hall–Kier alpha value is -1.79. The third-order valence-electron chi connectivity index (χ3n) is 2.34. The van der Waals surface area contributed by atoms with Crippen molar-refractivity contribution < 1.29 is 12.8 Å². The van der Waals surface area contributed by atoms with E-state index >= 15 is 0 Å². The zero-order valence-electron chi connectivity index (χ0n) is 9.60. The van der Waals surface area contributed by atoms with Crippen LogP contribution in [0, 0.1) is 5.82 Å². The molecule has 2 aromatic rings. The van der Waals surface area contributed by atoms with E-state index in [-0.39, 0.29) is 21.3 Å². The topological polar surface area (TPSA) is 72.2 Å². The van der Waals surface area contributed by atoms with Crippen LogP contribution in [0.25, 0.3) is 0 Å². The maximum Gasteiger partial charge on any atom is 0.263 e. The average Bonchev–Trinajstić information content (AvgIpc) is 2.35. The summed E-state index contributed by atoms with van der Waals surface area (Å²) in [6.07, 6.45) is 0. The molecule has 0 bridgehead atoms. The van der Waals surface area contributed by atoms with Crippen LogP contribution in [-0.2, 0) is 10.0 Å². The van der Waals surface area contributed by atoms with Crippen molar-refractivity contribution in [2.75, 3.05) is 10.5 Å². The molecule has 3 N–H and O–H groups in total. The minimum absolute atomic E-state index is 0.0591. The molecule has 2 aromatic carbocycles. The number of hydrogen-bond donors (Lipinski definition) is 2. The molecule has 19 heavy (non-hydrogen) atoms. The summed E-state index contributed by atoms with van der Waals surface area (Å²) in [5, 5.41) is 0.0591. The van der Waals surface area contributed by atoms with Crippen LogP contribution in [0.3, 0.4) is 0 Å². The highest BCUT2D eigenvalue weighted by Crippen LogP contribution is 2.25. The zero-order chi connectivity index (χ0) is 14.0. The van der Waals surface area contributed by atoms with Crippen LogP contribution in [0.5, 0.6) is 0 Å². The molecule has 0 unspecified atom stereocenters. The van der Waals surface area contributed by atoms with E-state index < -0.39 is 15.8 Å². The van der Waals surface area contributed by atoms with Gasteiger partial charge in [0.15, 0.2) is 0 Å². The highest BCUT2D eigenvalue weighted by Gasteiger charge is 2.18. The Balaban J connectivity index is 2.37. The lowest BCUT2D eigenvalue weighted by Crippen LogP contribution is -2.13. The Kier molecular flexibility index (Phi) is 3.64. The smallest absolute Gasteiger partial charge is 0.263 e. The SMILES string of the molecule is Nc1ccc(Cl)c(S(=O)(=O)Nc2ccc(F)cc2)c1. The van der Waals surface area contributed by atoms with Crippen LogP contribution < -0.4 is 10.5 Å². The first-order chi connectivity index (χ1) is 8.88. The van der Waals surface area contributed by atoms with E-state index in [1.807, 2.05) is 0 Å². The van der Waals surface area contributed by atoms with E-state index in [1.165, 1.54) is 30.3 Å². The molecule has 100 valence electrons. The summed E-state index contributed by atoms with van der Waals surface area (Å²) in [6, 6.07) is 9.08. The summed E-state index contributed by atoms with van der Waals surface area (Å²) < 4.78 is 39.3. The van der Waals surface area contributed by atoms with Gasteiger partial charge in [-0.25, -0.2) is 12.8 Å². The lowest BCUT2D eigenvalue weighted by molar-refractivity contribution is 0.601. The van der Waals surface area contributed by atoms with E-state index in [4.69, 9.17) is 17.3 Å². The summed E-state index contributed by atoms with van der Waals surface area (Å²) in [7, 11) is -3.86. The third kappa shape index (κ3) is 3.15. The number of sulfonamides is 1. The quantitative estimate of drug-likeness (QED) is 0.856. The Labute approximate surface area is 115 Å². The highest BCUT2D eigenvalue weighted by molar-refractivity contribution is 7.92. The minimum atomic E-state index is -3.86. The number of halogens is 2. The van der Waals surface area contributed by atoms with E-state index in [0.29, 0.717) is 0 Å². The summed E-state index contributed by atoms with van der Waals surface area (Å²) in [5.41, 5.74) is 6.05. The lowest BCUT2D eigenvalue weighted by Gasteiger charge is -2.10. The van der Waals surface area contributed by atoms with Crippen LogP contribution in [-0.4, -0.2) is 8.42 Å². The molecule has 0 saturated carbocycles. The van der Waals surface area contributed by atoms with Gasteiger partial charge in [0, 0.05) is 11.4 Å². The monoisotopic (exact) mass is 300 g/mol. The standard InChI is InChI=1S/C12H10ClFN2O2S/c13-11-6-3-9(15)7-12(11)19(17,18)16-10-4-1-8(14)2-5-10/h1-7,16H,15H2. The van der Waals surface area contributed by atoms with Gasteiger partial charge in [-0.05, 0) is 42.5 Å².